The molecule has 0 fully saturated rings. The summed E-state index contributed by atoms with van der Waals surface area (Å²) < 4.78 is 17.9. The Morgan fingerprint density at radius 2 is 2.04 bits per heavy atom. The number of halogens is 1. The first-order chi connectivity index (χ1) is 11.1. The molecule has 126 valence electrons. The van der Waals surface area contributed by atoms with E-state index in [0.717, 1.165) is 38.2 Å². The highest BCUT2D eigenvalue weighted by Crippen LogP contribution is 2.10. The molecule has 0 heterocycles. The number of unbranched alkanes of at least 4 members (excludes halogenated alkanes) is 4. The molecule has 0 aliphatic rings. The van der Waals surface area contributed by atoms with E-state index in [-0.39, 0.29) is 5.56 Å². The van der Waals surface area contributed by atoms with Crippen LogP contribution in [0.4, 0.5) is 4.39 Å². The van der Waals surface area contributed by atoms with E-state index in [1.807, 2.05) is 6.08 Å². The monoisotopic (exact) mass is 321 g/mol. The third kappa shape index (κ3) is 7.08. The third-order valence-corrected chi connectivity index (χ3v) is 3.53. The van der Waals surface area contributed by atoms with E-state index >= 15 is 0 Å². The highest BCUT2D eigenvalue weighted by atomic mass is 19.1. The summed E-state index contributed by atoms with van der Waals surface area (Å²) in [5, 5.41) is 2.62. The zero-order chi connectivity index (χ0) is 17.1. The summed E-state index contributed by atoms with van der Waals surface area (Å²) in [7, 11) is 1.29. The van der Waals surface area contributed by atoms with Crippen molar-refractivity contribution >= 4 is 11.9 Å². The molecule has 1 aromatic carbocycles. The summed E-state index contributed by atoms with van der Waals surface area (Å²) in [6.45, 7) is 3.67. The normalized spacial score (nSPS) is 11.6. The van der Waals surface area contributed by atoms with Crippen LogP contribution in [0.3, 0.4) is 0 Å². The SMILES string of the molecule is C=CCCCCCC[C@@H](NC(=O)c1cccc(F)c1)C(=O)OC. The van der Waals surface area contributed by atoms with Gasteiger partial charge in [0.25, 0.3) is 5.91 Å². The van der Waals surface area contributed by atoms with Gasteiger partial charge in [0, 0.05) is 5.56 Å². The predicted octanol–water partition coefficient (Wildman–Crippen LogP) is 3.62. The molecule has 4 nitrogen and oxygen atoms in total. The summed E-state index contributed by atoms with van der Waals surface area (Å²) in [5.41, 5.74) is 0.185. The Kier molecular flexibility index (Phi) is 8.65. The van der Waals surface area contributed by atoms with E-state index in [9.17, 15) is 14.0 Å². The summed E-state index contributed by atoms with van der Waals surface area (Å²) in [5.74, 6) is -1.46. The lowest BCUT2D eigenvalue weighted by Gasteiger charge is -2.16. The smallest absolute Gasteiger partial charge is 0.328 e. The van der Waals surface area contributed by atoms with Gasteiger partial charge >= 0.3 is 5.97 Å². The van der Waals surface area contributed by atoms with Crippen molar-refractivity contribution in [2.45, 2.75) is 44.6 Å². The molecule has 1 N–H and O–H groups in total. The van der Waals surface area contributed by atoms with Crippen LogP contribution in [-0.2, 0) is 9.53 Å². The largest absolute Gasteiger partial charge is 0.467 e. The second-order valence-electron chi connectivity index (χ2n) is 5.34. The maximum atomic E-state index is 13.2. The van der Waals surface area contributed by atoms with E-state index in [0.29, 0.717) is 6.42 Å². The summed E-state index contributed by atoms with van der Waals surface area (Å²) >= 11 is 0. The fourth-order valence-electron chi connectivity index (χ4n) is 2.25. The van der Waals surface area contributed by atoms with Crippen molar-refractivity contribution in [3.8, 4) is 0 Å². The number of esters is 1. The van der Waals surface area contributed by atoms with Gasteiger partial charge in [0.1, 0.15) is 11.9 Å². The van der Waals surface area contributed by atoms with Gasteiger partial charge in [-0.3, -0.25) is 4.79 Å². The molecule has 0 aromatic heterocycles. The Bertz CT molecular complexity index is 531. The van der Waals surface area contributed by atoms with E-state index in [1.165, 1.54) is 25.3 Å². The second-order valence-corrected chi connectivity index (χ2v) is 5.34. The van der Waals surface area contributed by atoms with Crippen LogP contribution in [0.5, 0.6) is 0 Å². The Balaban J connectivity index is 2.52. The van der Waals surface area contributed by atoms with Crippen molar-refractivity contribution in [3.05, 3.63) is 48.3 Å². The van der Waals surface area contributed by atoms with E-state index in [2.05, 4.69) is 11.9 Å². The number of benzene rings is 1. The van der Waals surface area contributed by atoms with Gasteiger partial charge in [0.2, 0.25) is 0 Å². The van der Waals surface area contributed by atoms with Crippen molar-refractivity contribution in [2.24, 2.45) is 0 Å². The van der Waals surface area contributed by atoms with Crippen molar-refractivity contribution in [2.75, 3.05) is 7.11 Å². The molecule has 23 heavy (non-hydrogen) atoms. The number of amides is 1. The average molecular weight is 321 g/mol. The highest BCUT2D eigenvalue weighted by Gasteiger charge is 2.21. The molecule has 0 bridgehead atoms. The minimum Gasteiger partial charge on any atom is -0.467 e. The fourth-order valence-corrected chi connectivity index (χ4v) is 2.25. The predicted molar refractivity (Wildman–Crippen MR) is 87.6 cm³/mol. The van der Waals surface area contributed by atoms with Gasteiger partial charge in [-0.25, -0.2) is 9.18 Å². The van der Waals surface area contributed by atoms with E-state index < -0.39 is 23.7 Å². The van der Waals surface area contributed by atoms with Gasteiger partial charge in [0.15, 0.2) is 0 Å². The molecule has 0 saturated heterocycles. The van der Waals surface area contributed by atoms with Gasteiger partial charge < -0.3 is 10.1 Å². The summed E-state index contributed by atoms with van der Waals surface area (Å²) in [6.07, 6.45) is 7.27. The van der Waals surface area contributed by atoms with Crippen molar-refractivity contribution in [3.63, 3.8) is 0 Å². The molecule has 0 unspecified atom stereocenters. The summed E-state index contributed by atoms with van der Waals surface area (Å²) in [6, 6.07) is 4.64. The first-order valence-electron chi connectivity index (χ1n) is 7.83. The van der Waals surface area contributed by atoms with Crippen LogP contribution in [0.25, 0.3) is 0 Å². The van der Waals surface area contributed by atoms with Crippen LogP contribution in [-0.4, -0.2) is 25.0 Å². The Labute approximate surface area is 136 Å². The molecule has 1 aromatic rings. The molecular weight excluding hydrogens is 297 g/mol. The Morgan fingerprint density at radius 1 is 1.30 bits per heavy atom. The van der Waals surface area contributed by atoms with E-state index in [1.54, 1.807) is 0 Å². The van der Waals surface area contributed by atoms with Crippen LogP contribution in [0.1, 0.15) is 48.9 Å². The molecule has 0 radical (unpaired) electrons. The topological polar surface area (TPSA) is 55.4 Å². The fraction of sp³-hybridized carbons (Fsp3) is 0.444. The van der Waals surface area contributed by atoms with Gasteiger partial charge in [0.05, 0.1) is 7.11 Å². The number of hydrogen-bond donors (Lipinski definition) is 1. The van der Waals surface area contributed by atoms with Crippen LogP contribution < -0.4 is 5.32 Å². The zero-order valence-corrected chi connectivity index (χ0v) is 13.5. The minimum atomic E-state index is -0.713. The van der Waals surface area contributed by atoms with Gasteiger partial charge in [-0.05, 0) is 37.5 Å². The lowest BCUT2D eigenvalue weighted by atomic mass is 10.1. The number of nitrogens with one attached hydrogen (secondary N) is 1. The van der Waals surface area contributed by atoms with Crippen LogP contribution in [0, 0.1) is 5.82 Å². The standard InChI is InChI=1S/C18H24FNO3/c1-3-4-5-6-7-8-12-16(18(22)23-2)20-17(21)14-10-9-11-15(19)13-14/h3,9-11,13,16H,1,4-8,12H2,2H3,(H,20,21)/t16-/m1/s1. The molecule has 5 heteroatoms. The Morgan fingerprint density at radius 3 is 2.70 bits per heavy atom. The number of carbonyl (C=O) groups excluding carboxylic acids is 2. The number of hydrogen-bond acceptors (Lipinski definition) is 3. The first kappa shape index (κ1) is 18.9. The number of rotatable bonds is 10. The lowest BCUT2D eigenvalue weighted by molar-refractivity contribution is -0.143. The van der Waals surface area contributed by atoms with Crippen LogP contribution in [0.15, 0.2) is 36.9 Å². The molecule has 1 amide bonds. The molecular formula is C18H24FNO3. The highest BCUT2D eigenvalue weighted by molar-refractivity contribution is 5.96. The molecule has 0 saturated carbocycles. The number of allylic oxidation sites excluding steroid dienone is 1. The lowest BCUT2D eigenvalue weighted by Crippen LogP contribution is -2.41. The first-order valence-corrected chi connectivity index (χ1v) is 7.83. The molecule has 0 aliphatic carbocycles. The van der Waals surface area contributed by atoms with Gasteiger partial charge in [-0.2, -0.15) is 0 Å². The second kappa shape index (κ2) is 10.5. The number of ether oxygens (including phenoxy) is 1. The zero-order valence-electron chi connectivity index (χ0n) is 13.5. The summed E-state index contributed by atoms with van der Waals surface area (Å²) in [4.78, 5) is 23.9. The van der Waals surface area contributed by atoms with Crippen molar-refractivity contribution in [1.82, 2.24) is 5.32 Å². The van der Waals surface area contributed by atoms with Crippen molar-refractivity contribution < 1.29 is 18.7 Å². The molecule has 1 rings (SSSR count). The maximum absolute atomic E-state index is 13.2. The molecule has 0 aliphatic heterocycles. The van der Waals surface area contributed by atoms with E-state index in [4.69, 9.17) is 4.74 Å². The van der Waals surface area contributed by atoms with Crippen LogP contribution in [0.2, 0.25) is 0 Å². The van der Waals surface area contributed by atoms with Crippen LogP contribution >= 0.6 is 0 Å². The molecule has 0 spiro atoms. The number of carbonyl (C=O) groups is 2. The minimum absolute atomic E-state index is 0.185. The molecule has 1 atom stereocenters. The van der Waals surface area contributed by atoms with Gasteiger partial charge in [-0.15, -0.1) is 6.58 Å². The third-order valence-electron chi connectivity index (χ3n) is 3.53. The van der Waals surface area contributed by atoms with Crippen molar-refractivity contribution in [1.29, 1.82) is 0 Å². The number of methoxy groups -OCH3 is 1. The average Bonchev–Trinajstić information content (AvgIpc) is 2.56. The Hall–Kier alpha value is -2.17. The maximum Gasteiger partial charge on any atom is 0.328 e. The quantitative estimate of drug-likeness (QED) is 0.407. The van der Waals surface area contributed by atoms with Gasteiger partial charge in [-0.1, -0.05) is 31.4 Å².